The van der Waals surface area contributed by atoms with Gasteiger partial charge in [-0.25, -0.2) is 14.6 Å². The zero-order valence-electron chi connectivity index (χ0n) is 15.3. The number of ketones is 1. The molecule has 158 valence electrons. The molecular weight excluding hydrogens is 436 g/mol. The molecule has 1 aromatic heterocycles. The molecule has 0 aliphatic carbocycles. The van der Waals surface area contributed by atoms with Gasteiger partial charge in [0.05, 0.1) is 11.3 Å². The van der Waals surface area contributed by atoms with Gasteiger partial charge in [-0.2, -0.15) is 0 Å². The molecule has 11 nitrogen and oxygen atoms in total. The molecule has 0 spiro atoms. The number of amides is 1. The number of hydrogen-bond donors (Lipinski definition) is 3. The van der Waals surface area contributed by atoms with Crippen LogP contribution in [0.4, 0.5) is 5.13 Å². The van der Waals surface area contributed by atoms with Crippen LogP contribution in [0.25, 0.3) is 0 Å². The van der Waals surface area contributed by atoms with Crippen molar-refractivity contribution in [2.45, 2.75) is 11.8 Å². The zero-order chi connectivity index (χ0) is 22.0. The van der Waals surface area contributed by atoms with Crippen LogP contribution >= 0.6 is 23.1 Å². The topological polar surface area (TPSA) is 172 Å². The summed E-state index contributed by atoms with van der Waals surface area (Å²) in [5.74, 6) is -4.03. The maximum atomic E-state index is 12.8. The first-order valence-corrected chi connectivity index (χ1v) is 10.4. The summed E-state index contributed by atoms with van der Waals surface area (Å²) in [6, 6.07) is 0. The van der Waals surface area contributed by atoms with E-state index in [1.165, 1.54) is 23.2 Å². The predicted octanol–water partition coefficient (Wildman–Crippen LogP) is 0.546. The number of thioether (sulfide) groups is 1. The molecule has 1 aromatic rings. The van der Waals surface area contributed by atoms with Crippen molar-refractivity contribution in [2.24, 2.45) is 11.1 Å². The largest absolute Gasteiger partial charge is 0.479 e. The number of rotatable bonds is 9. The van der Waals surface area contributed by atoms with Gasteiger partial charge in [-0.15, -0.1) is 23.1 Å². The minimum absolute atomic E-state index is 0.105. The normalized spacial score (nSPS) is 21.0. The summed E-state index contributed by atoms with van der Waals surface area (Å²) in [4.78, 5) is 57.5. The lowest BCUT2D eigenvalue weighted by Crippen LogP contribution is -2.62. The van der Waals surface area contributed by atoms with Crippen molar-refractivity contribution < 1.29 is 34.2 Å². The van der Waals surface area contributed by atoms with Crippen molar-refractivity contribution in [1.82, 2.24) is 9.88 Å². The van der Waals surface area contributed by atoms with Gasteiger partial charge in [-0.3, -0.25) is 14.5 Å². The number of nitrogens with two attached hydrogens (primary N) is 1. The maximum absolute atomic E-state index is 12.8. The number of β-lactam (4-membered cyclic amide) rings is 1. The highest BCUT2D eigenvalue weighted by Crippen LogP contribution is 2.45. The minimum atomic E-state index is -1.28. The summed E-state index contributed by atoms with van der Waals surface area (Å²) < 4.78 is 0. The van der Waals surface area contributed by atoms with Gasteiger partial charge in [0.15, 0.2) is 16.6 Å². The molecule has 1 fully saturated rings. The summed E-state index contributed by atoms with van der Waals surface area (Å²) in [6.07, 6.45) is 1.13. The Morgan fingerprint density at radius 1 is 1.43 bits per heavy atom. The van der Waals surface area contributed by atoms with Gasteiger partial charge in [0.25, 0.3) is 0 Å². The number of fused-ring (bicyclic) bond motifs is 1. The Morgan fingerprint density at radius 3 is 2.73 bits per heavy atom. The first-order chi connectivity index (χ1) is 14.2. The third-order valence-electron chi connectivity index (χ3n) is 4.33. The van der Waals surface area contributed by atoms with Crippen LogP contribution in [0.1, 0.15) is 12.1 Å². The number of allylic oxidation sites excluding steroid dienone is 1. The Morgan fingerprint density at radius 2 is 2.17 bits per heavy atom. The fraction of sp³-hybridized carbons (Fsp3) is 0.294. The van der Waals surface area contributed by atoms with E-state index >= 15 is 0 Å². The monoisotopic (exact) mass is 452 g/mol. The fourth-order valence-electron chi connectivity index (χ4n) is 3.02. The van der Waals surface area contributed by atoms with Crippen molar-refractivity contribution >= 4 is 57.6 Å². The molecule has 13 heteroatoms. The smallest absolute Gasteiger partial charge is 0.352 e. The van der Waals surface area contributed by atoms with E-state index in [2.05, 4.69) is 21.6 Å². The number of nitrogens with zero attached hydrogens (tertiary/aromatic N) is 3. The number of anilines is 1. The first kappa shape index (κ1) is 21.5. The van der Waals surface area contributed by atoms with Gasteiger partial charge < -0.3 is 20.8 Å². The highest BCUT2D eigenvalue weighted by molar-refractivity contribution is 8.00. The number of oxime groups is 1. The number of aliphatic carboxylic acids is 2. The molecule has 0 unspecified atom stereocenters. The average molecular weight is 452 g/mol. The molecule has 1 saturated heterocycles. The number of Topliss-reactive ketones (excluding diaryl/α,β-unsaturated/α-hetero) is 1. The van der Waals surface area contributed by atoms with Crippen molar-refractivity contribution in [3.8, 4) is 0 Å². The molecule has 2 aliphatic heterocycles. The average Bonchev–Trinajstić information content (AvgIpc) is 3.13. The summed E-state index contributed by atoms with van der Waals surface area (Å²) in [6.45, 7) is 2.82. The highest BCUT2D eigenvalue weighted by Gasteiger charge is 2.53. The van der Waals surface area contributed by atoms with Gasteiger partial charge in [0.2, 0.25) is 12.5 Å². The minimum Gasteiger partial charge on any atom is -0.479 e. The SMILES string of the molecule is C=CC1=C(C(=O)O)N2C(=O)[C@@H](CC(=O)/C(=N\OCC(=O)O)c3csc(N)n3)[C@H]2SC1. The van der Waals surface area contributed by atoms with Crippen LogP contribution in [0.15, 0.2) is 34.5 Å². The number of carbonyl (C=O) groups excluding carboxylic acids is 2. The number of aromatic nitrogens is 1. The van der Waals surface area contributed by atoms with Crippen LogP contribution in [0.3, 0.4) is 0 Å². The Hall–Kier alpha value is -3.19. The molecule has 1 amide bonds. The van der Waals surface area contributed by atoms with Crippen LogP contribution in [-0.4, -0.2) is 67.2 Å². The molecule has 0 radical (unpaired) electrons. The number of carbonyl (C=O) groups is 4. The number of hydrogen-bond acceptors (Lipinski definition) is 10. The molecule has 0 aromatic carbocycles. The van der Waals surface area contributed by atoms with E-state index in [9.17, 15) is 24.3 Å². The first-order valence-electron chi connectivity index (χ1n) is 8.44. The maximum Gasteiger partial charge on any atom is 0.352 e. The van der Waals surface area contributed by atoms with Crippen molar-refractivity contribution in [3.05, 3.63) is 35.0 Å². The van der Waals surface area contributed by atoms with E-state index in [4.69, 9.17) is 10.8 Å². The molecule has 30 heavy (non-hydrogen) atoms. The summed E-state index contributed by atoms with van der Waals surface area (Å²) in [5.41, 5.74) is 5.74. The molecule has 0 bridgehead atoms. The lowest BCUT2D eigenvalue weighted by molar-refractivity contribution is -0.153. The lowest BCUT2D eigenvalue weighted by Gasteiger charge is -2.49. The summed E-state index contributed by atoms with van der Waals surface area (Å²) in [7, 11) is 0. The standard InChI is InChI=1S/C17H16N4O7S2/c1-2-7-5-29-15-8(14(25)21(15)13(7)16(26)27)3-10(22)12(20-28-4-11(23)24)9-6-30-17(18)19-9/h2,6,8,15H,1,3-5H2,(H2,18,19)(H,23,24)(H,26,27)/b20-12-/t8-,15-/m1/s1. The number of thiazole rings is 1. The van der Waals surface area contributed by atoms with Crippen LogP contribution < -0.4 is 5.73 Å². The highest BCUT2D eigenvalue weighted by atomic mass is 32.2. The zero-order valence-corrected chi connectivity index (χ0v) is 16.9. The second-order valence-electron chi connectivity index (χ2n) is 6.20. The van der Waals surface area contributed by atoms with Crippen LogP contribution in [0, 0.1) is 5.92 Å². The molecule has 4 N–H and O–H groups in total. The number of nitrogen functional groups attached to an aromatic ring is 1. The predicted molar refractivity (Wildman–Crippen MR) is 108 cm³/mol. The molecule has 2 atom stereocenters. The van der Waals surface area contributed by atoms with Crippen molar-refractivity contribution in [2.75, 3.05) is 18.1 Å². The van der Waals surface area contributed by atoms with Crippen molar-refractivity contribution in [3.63, 3.8) is 0 Å². The number of carboxylic acid groups (broad SMARTS) is 2. The molecular formula is C17H16N4O7S2. The quantitative estimate of drug-likeness (QED) is 0.273. The molecule has 3 rings (SSSR count). The van der Waals surface area contributed by atoms with E-state index in [-0.39, 0.29) is 28.7 Å². The third kappa shape index (κ3) is 4.07. The van der Waals surface area contributed by atoms with E-state index in [0.29, 0.717) is 11.3 Å². The molecule has 2 aliphatic rings. The Balaban J connectivity index is 1.79. The van der Waals surface area contributed by atoms with E-state index in [1.54, 1.807) is 0 Å². The Labute approximate surface area is 177 Å². The van der Waals surface area contributed by atoms with Crippen LogP contribution in [0.2, 0.25) is 0 Å². The van der Waals surface area contributed by atoms with E-state index in [1.807, 2.05) is 0 Å². The van der Waals surface area contributed by atoms with Crippen LogP contribution in [0.5, 0.6) is 0 Å². The number of carboxylic acids is 2. The van der Waals surface area contributed by atoms with Gasteiger partial charge in [0.1, 0.15) is 11.4 Å². The molecule has 3 heterocycles. The van der Waals surface area contributed by atoms with Gasteiger partial charge >= 0.3 is 11.9 Å². The summed E-state index contributed by atoms with van der Waals surface area (Å²) in [5, 5.41) is 22.8. The van der Waals surface area contributed by atoms with Crippen LogP contribution in [-0.2, 0) is 24.0 Å². The summed E-state index contributed by atoms with van der Waals surface area (Å²) >= 11 is 2.39. The lowest BCUT2D eigenvalue weighted by atomic mass is 9.89. The van der Waals surface area contributed by atoms with Gasteiger partial charge in [-0.05, 0) is 5.57 Å². The van der Waals surface area contributed by atoms with E-state index in [0.717, 1.165) is 16.2 Å². The van der Waals surface area contributed by atoms with E-state index < -0.39 is 41.5 Å². The Bertz CT molecular complexity index is 1000. The third-order valence-corrected chi connectivity index (χ3v) is 6.37. The fourth-order valence-corrected chi connectivity index (χ4v) is 4.98. The second-order valence-corrected chi connectivity index (χ2v) is 8.20. The van der Waals surface area contributed by atoms with Gasteiger partial charge in [-0.1, -0.05) is 17.8 Å². The molecule has 0 saturated carbocycles. The van der Waals surface area contributed by atoms with Gasteiger partial charge in [0, 0.05) is 17.6 Å². The van der Waals surface area contributed by atoms with Crippen molar-refractivity contribution in [1.29, 1.82) is 0 Å². The Kier molecular flexibility index (Phi) is 6.22. The second kappa shape index (κ2) is 8.67.